The summed E-state index contributed by atoms with van der Waals surface area (Å²) in [4.78, 5) is 7.53. The highest BCUT2D eigenvalue weighted by atomic mass is 35.5. The summed E-state index contributed by atoms with van der Waals surface area (Å²) in [5, 5.41) is 8.70. The predicted molar refractivity (Wildman–Crippen MR) is 92.4 cm³/mol. The van der Waals surface area contributed by atoms with Gasteiger partial charge in [0.15, 0.2) is 0 Å². The van der Waals surface area contributed by atoms with E-state index in [1.54, 1.807) is 0 Å². The van der Waals surface area contributed by atoms with E-state index in [2.05, 4.69) is 26.7 Å². The number of benzene rings is 1. The number of rotatable bonds is 7. The van der Waals surface area contributed by atoms with Crippen LogP contribution in [0.25, 0.3) is 10.9 Å². The Morgan fingerprint density at radius 3 is 2.95 bits per heavy atom. The number of aromatic nitrogens is 2. The van der Waals surface area contributed by atoms with E-state index in [1.807, 2.05) is 42.7 Å². The summed E-state index contributed by atoms with van der Waals surface area (Å²) in [6.07, 6.45) is 4.81. The van der Waals surface area contributed by atoms with Gasteiger partial charge in [-0.3, -0.25) is 4.98 Å². The molecule has 0 amide bonds. The van der Waals surface area contributed by atoms with Crippen LogP contribution in [-0.2, 0) is 6.54 Å². The van der Waals surface area contributed by atoms with Crippen molar-refractivity contribution in [3.63, 3.8) is 0 Å². The molecule has 0 unspecified atom stereocenters. The molecular weight excluding hydrogens is 296 g/mol. The molecule has 2 heterocycles. The minimum Gasteiger partial charge on any atom is -0.384 e. The lowest BCUT2D eigenvalue weighted by Gasteiger charge is -2.10. The first-order valence-electron chi connectivity index (χ1n) is 7.44. The van der Waals surface area contributed by atoms with Crippen molar-refractivity contribution in [2.24, 2.45) is 0 Å². The molecule has 0 aliphatic carbocycles. The average Bonchev–Trinajstić information content (AvgIpc) is 3.03. The van der Waals surface area contributed by atoms with Gasteiger partial charge in [0.05, 0.1) is 5.52 Å². The van der Waals surface area contributed by atoms with Crippen LogP contribution in [0, 0.1) is 0 Å². The zero-order chi connectivity index (χ0) is 15.2. The Labute approximate surface area is 134 Å². The zero-order valence-electron chi connectivity index (χ0n) is 12.3. The second-order valence-electron chi connectivity index (χ2n) is 5.17. The van der Waals surface area contributed by atoms with Gasteiger partial charge >= 0.3 is 0 Å². The first-order chi connectivity index (χ1) is 10.8. The van der Waals surface area contributed by atoms with Crippen molar-refractivity contribution in [1.82, 2.24) is 15.3 Å². The highest BCUT2D eigenvalue weighted by Crippen LogP contribution is 2.24. The maximum atomic E-state index is 6.00. The number of anilines is 1. The van der Waals surface area contributed by atoms with E-state index in [4.69, 9.17) is 11.6 Å². The first-order valence-corrected chi connectivity index (χ1v) is 7.82. The lowest BCUT2D eigenvalue weighted by Crippen LogP contribution is -2.17. The number of hydrogen-bond donors (Lipinski definition) is 3. The van der Waals surface area contributed by atoms with Gasteiger partial charge in [0.2, 0.25) is 0 Å². The fraction of sp³-hybridized carbons (Fsp3) is 0.235. The fourth-order valence-electron chi connectivity index (χ4n) is 2.41. The Hall–Kier alpha value is -2.04. The van der Waals surface area contributed by atoms with Crippen LogP contribution >= 0.6 is 11.6 Å². The Morgan fingerprint density at radius 2 is 2.09 bits per heavy atom. The summed E-state index contributed by atoms with van der Waals surface area (Å²) in [6, 6.07) is 11.9. The van der Waals surface area contributed by atoms with Crippen molar-refractivity contribution >= 4 is 28.2 Å². The molecule has 0 bridgehead atoms. The molecule has 4 nitrogen and oxygen atoms in total. The summed E-state index contributed by atoms with van der Waals surface area (Å²) in [7, 11) is 0. The average molecular weight is 315 g/mol. The molecule has 114 valence electrons. The van der Waals surface area contributed by atoms with Crippen LogP contribution in [0.5, 0.6) is 0 Å². The Kier molecular flexibility index (Phi) is 4.93. The Balaban J connectivity index is 1.47. The largest absolute Gasteiger partial charge is 0.384 e. The van der Waals surface area contributed by atoms with Crippen LogP contribution in [-0.4, -0.2) is 23.1 Å². The zero-order valence-corrected chi connectivity index (χ0v) is 13.0. The quantitative estimate of drug-likeness (QED) is 0.581. The third-order valence-corrected chi connectivity index (χ3v) is 3.76. The maximum Gasteiger partial charge on any atom is 0.0737 e. The van der Waals surface area contributed by atoms with E-state index in [9.17, 15) is 0 Å². The number of nitrogens with one attached hydrogen (secondary N) is 3. The van der Waals surface area contributed by atoms with Crippen LogP contribution in [0.3, 0.4) is 0 Å². The SMILES string of the molecule is Clc1ccc2c(NCCCNCc3ccc[nH]3)ccnc2c1. The Morgan fingerprint density at radius 1 is 1.14 bits per heavy atom. The number of nitrogens with zero attached hydrogens (tertiary/aromatic N) is 1. The van der Waals surface area contributed by atoms with Crippen molar-refractivity contribution in [2.75, 3.05) is 18.4 Å². The van der Waals surface area contributed by atoms with Gasteiger partial charge in [-0.2, -0.15) is 0 Å². The minimum absolute atomic E-state index is 0.714. The summed E-state index contributed by atoms with van der Waals surface area (Å²) in [5.41, 5.74) is 3.23. The number of hydrogen-bond acceptors (Lipinski definition) is 3. The summed E-state index contributed by atoms with van der Waals surface area (Å²) in [6.45, 7) is 2.77. The van der Waals surface area contributed by atoms with Crippen LogP contribution in [0.2, 0.25) is 5.02 Å². The molecule has 0 aliphatic rings. The second kappa shape index (κ2) is 7.29. The second-order valence-corrected chi connectivity index (χ2v) is 5.61. The lowest BCUT2D eigenvalue weighted by molar-refractivity contribution is 0.655. The lowest BCUT2D eigenvalue weighted by atomic mass is 10.2. The van der Waals surface area contributed by atoms with E-state index < -0.39 is 0 Å². The van der Waals surface area contributed by atoms with Gasteiger partial charge in [-0.15, -0.1) is 0 Å². The van der Waals surface area contributed by atoms with Gasteiger partial charge in [0.1, 0.15) is 0 Å². The highest BCUT2D eigenvalue weighted by Gasteiger charge is 2.02. The van der Waals surface area contributed by atoms with E-state index in [0.717, 1.165) is 42.6 Å². The molecule has 22 heavy (non-hydrogen) atoms. The molecule has 5 heteroatoms. The van der Waals surface area contributed by atoms with Crippen LogP contribution in [0.15, 0.2) is 48.8 Å². The molecule has 0 fully saturated rings. The number of halogens is 1. The molecule has 0 atom stereocenters. The number of H-pyrrole nitrogens is 1. The molecule has 1 aromatic carbocycles. The van der Waals surface area contributed by atoms with Crippen molar-refractivity contribution in [3.05, 3.63) is 59.5 Å². The molecular formula is C17H19ClN4. The molecule has 0 aliphatic heterocycles. The number of pyridine rings is 1. The van der Waals surface area contributed by atoms with Crippen molar-refractivity contribution < 1.29 is 0 Å². The highest BCUT2D eigenvalue weighted by molar-refractivity contribution is 6.31. The number of fused-ring (bicyclic) bond motifs is 1. The minimum atomic E-state index is 0.714. The van der Waals surface area contributed by atoms with Crippen LogP contribution < -0.4 is 10.6 Å². The molecule has 0 radical (unpaired) electrons. The van der Waals surface area contributed by atoms with Gasteiger partial charge < -0.3 is 15.6 Å². The Bertz CT molecular complexity index is 725. The van der Waals surface area contributed by atoms with Crippen LogP contribution in [0.1, 0.15) is 12.1 Å². The molecule has 3 N–H and O–H groups in total. The molecule has 0 spiro atoms. The molecule has 0 saturated heterocycles. The topological polar surface area (TPSA) is 52.7 Å². The van der Waals surface area contributed by atoms with E-state index in [-0.39, 0.29) is 0 Å². The van der Waals surface area contributed by atoms with Crippen LogP contribution in [0.4, 0.5) is 5.69 Å². The van der Waals surface area contributed by atoms with Crippen molar-refractivity contribution in [2.45, 2.75) is 13.0 Å². The van der Waals surface area contributed by atoms with Gasteiger partial charge in [-0.05, 0) is 49.4 Å². The van der Waals surface area contributed by atoms with Gasteiger partial charge in [-0.1, -0.05) is 11.6 Å². The third kappa shape index (κ3) is 3.78. The van der Waals surface area contributed by atoms with Crippen molar-refractivity contribution in [1.29, 1.82) is 0 Å². The number of aromatic amines is 1. The summed E-state index contributed by atoms with van der Waals surface area (Å²) in [5.74, 6) is 0. The monoisotopic (exact) mass is 314 g/mol. The smallest absolute Gasteiger partial charge is 0.0737 e. The summed E-state index contributed by atoms with van der Waals surface area (Å²) >= 11 is 6.00. The predicted octanol–water partition coefficient (Wildman–Crippen LogP) is 3.81. The molecule has 0 saturated carbocycles. The molecule has 3 rings (SSSR count). The fourth-order valence-corrected chi connectivity index (χ4v) is 2.58. The van der Waals surface area contributed by atoms with Gasteiger partial charge in [0, 0.05) is 47.3 Å². The molecule has 3 aromatic rings. The standard InChI is InChI=1S/C17H19ClN4/c18-13-4-5-15-16(6-10-22-17(15)11-13)21-9-2-7-19-12-14-3-1-8-20-14/h1,3-6,8,10-11,19-20H,2,7,9,12H2,(H,21,22). The summed E-state index contributed by atoms with van der Waals surface area (Å²) < 4.78 is 0. The van der Waals surface area contributed by atoms with E-state index >= 15 is 0 Å². The molecule has 2 aromatic heterocycles. The normalized spacial score (nSPS) is 11.0. The first kappa shape index (κ1) is 14.9. The van der Waals surface area contributed by atoms with Gasteiger partial charge in [-0.25, -0.2) is 0 Å². The van der Waals surface area contributed by atoms with E-state index in [1.165, 1.54) is 5.69 Å². The third-order valence-electron chi connectivity index (χ3n) is 3.53. The van der Waals surface area contributed by atoms with Gasteiger partial charge in [0.25, 0.3) is 0 Å². The van der Waals surface area contributed by atoms with Crippen molar-refractivity contribution in [3.8, 4) is 0 Å². The maximum absolute atomic E-state index is 6.00. The van der Waals surface area contributed by atoms with E-state index in [0.29, 0.717) is 5.02 Å².